The first-order valence-electron chi connectivity index (χ1n) is 8.15. The van der Waals surface area contributed by atoms with E-state index in [0.717, 1.165) is 24.1 Å². The van der Waals surface area contributed by atoms with E-state index < -0.39 is 0 Å². The highest BCUT2D eigenvalue weighted by molar-refractivity contribution is 5.33. The first-order valence-corrected chi connectivity index (χ1v) is 8.15. The zero-order valence-electron chi connectivity index (χ0n) is 13.8. The topological polar surface area (TPSA) is 24.9 Å². The maximum atomic E-state index is 4.62. The molecular formula is C18H30N2. The molecule has 0 amide bonds. The number of aromatic nitrogens is 1. The molecule has 1 fully saturated rings. The standard InChI is InChI=1S/C18H30N2/c1-12-6-8-17(9-7-12)11-19-15(4)18-13(2)10-14(3)20-16(18)5/h10,12,15,17,19H,6-9,11H2,1-5H3. The van der Waals surface area contributed by atoms with E-state index in [-0.39, 0.29) is 0 Å². The van der Waals surface area contributed by atoms with Crippen molar-refractivity contribution >= 4 is 0 Å². The minimum atomic E-state index is 0.405. The molecule has 1 heterocycles. The summed E-state index contributed by atoms with van der Waals surface area (Å²) in [5.41, 5.74) is 5.06. The largest absolute Gasteiger partial charge is 0.310 e. The van der Waals surface area contributed by atoms with Crippen molar-refractivity contribution in [1.82, 2.24) is 10.3 Å². The average Bonchev–Trinajstić information content (AvgIpc) is 2.37. The molecule has 2 rings (SSSR count). The molecule has 1 aliphatic rings. The van der Waals surface area contributed by atoms with Crippen LogP contribution in [0.2, 0.25) is 0 Å². The SMILES string of the molecule is Cc1cc(C)c(C(C)NCC2CCC(C)CC2)c(C)n1. The molecule has 1 saturated carbocycles. The number of hydrogen-bond donors (Lipinski definition) is 1. The predicted octanol–water partition coefficient (Wildman–Crippen LogP) is 4.48. The van der Waals surface area contributed by atoms with Crippen LogP contribution >= 0.6 is 0 Å². The summed E-state index contributed by atoms with van der Waals surface area (Å²) in [7, 11) is 0. The minimum absolute atomic E-state index is 0.405. The van der Waals surface area contributed by atoms with Crippen molar-refractivity contribution < 1.29 is 0 Å². The maximum Gasteiger partial charge on any atom is 0.0426 e. The van der Waals surface area contributed by atoms with Crippen LogP contribution in [-0.4, -0.2) is 11.5 Å². The highest BCUT2D eigenvalue weighted by Crippen LogP contribution is 2.28. The number of nitrogens with zero attached hydrogens (tertiary/aromatic N) is 1. The number of pyridine rings is 1. The molecule has 0 aromatic carbocycles. The van der Waals surface area contributed by atoms with Gasteiger partial charge in [-0.05, 0) is 76.1 Å². The molecule has 1 aromatic rings. The van der Waals surface area contributed by atoms with Gasteiger partial charge in [-0.25, -0.2) is 0 Å². The average molecular weight is 274 g/mol. The Morgan fingerprint density at radius 3 is 2.45 bits per heavy atom. The lowest BCUT2D eigenvalue weighted by molar-refractivity contribution is 0.276. The molecule has 1 atom stereocenters. The second-order valence-electron chi connectivity index (χ2n) is 6.84. The third-order valence-corrected chi connectivity index (χ3v) is 4.87. The number of hydrogen-bond acceptors (Lipinski definition) is 2. The maximum absolute atomic E-state index is 4.62. The molecule has 1 aromatic heterocycles. The van der Waals surface area contributed by atoms with Gasteiger partial charge in [0, 0.05) is 17.4 Å². The number of aryl methyl sites for hydroxylation is 3. The smallest absolute Gasteiger partial charge is 0.0426 e. The normalized spacial score (nSPS) is 24.6. The second-order valence-corrected chi connectivity index (χ2v) is 6.84. The summed E-state index contributed by atoms with van der Waals surface area (Å²) < 4.78 is 0. The minimum Gasteiger partial charge on any atom is -0.310 e. The Morgan fingerprint density at radius 2 is 1.85 bits per heavy atom. The number of rotatable bonds is 4. The molecule has 2 heteroatoms. The third kappa shape index (κ3) is 3.82. The van der Waals surface area contributed by atoms with E-state index in [1.54, 1.807) is 0 Å². The fraction of sp³-hybridized carbons (Fsp3) is 0.722. The van der Waals surface area contributed by atoms with Crippen LogP contribution in [0.3, 0.4) is 0 Å². The molecule has 2 nitrogen and oxygen atoms in total. The molecule has 1 unspecified atom stereocenters. The van der Waals surface area contributed by atoms with E-state index in [4.69, 9.17) is 0 Å². The summed E-state index contributed by atoms with van der Waals surface area (Å²) >= 11 is 0. The number of nitrogens with one attached hydrogen (secondary N) is 1. The lowest BCUT2D eigenvalue weighted by atomic mass is 9.83. The van der Waals surface area contributed by atoms with Crippen LogP contribution in [-0.2, 0) is 0 Å². The molecule has 112 valence electrons. The zero-order chi connectivity index (χ0) is 14.7. The van der Waals surface area contributed by atoms with Crippen LogP contribution in [0.1, 0.15) is 68.1 Å². The fourth-order valence-corrected chi connectivity index (χ4v) is 3.67. The van der Waals surface area contributed by atoms with Gasteiger partial charge in [-0.3, -0.25) is 4.98 Å². The van der Waals surface area contributed by atoms with Crippen molar-refractivity contribution in [2.24, 2.45) is 11.8 Å². The van der Waals surface area contributed by atoms with E-state index in [1.165, 1.54) is 42.5 Å². The van der Waals surface area contributed by atoms with Crippen molar-refractivity contribution in [3.8, 4) is 0 Å². The van der Waals surface area contributed by atoms with Gasteiger partial charge in [0.05, 0.1) is 0 Å². The molecule has 0 bridgehead atoms. The Kier molecular flexibility index (Phi) is 5.20. The Bertz CT molecular complexity index is 422. The molecule has 1 N–H and O–H groups in total. The molecule has 20 heavy (non-hydrogen) atoms. The quantitative estimate of drug-likeness (QED) is 0.875. The van der Waals surface area contributed by atoms with Crippen LogP contribution in [0.25, 0.3) is 0 Å². The van der Waals surface area contributed by atoms with E-state index in [0.29, 0.717) is 6.04 Å². The van der Waals surface area contributed by atoms with Crippen LogP contribution in [0, 0.1) is 32.6 Å². The van der Waals surface area contributed by atoms with Gasteiger partial charge in [-0.2, -0.15) is 0 Å². The molecule has 0 saturated heterocycles. The fourth-order valence-electron chi connectivity index (χ4n) is 3.67. The summed E-state index contributed by atoms with van der Waals surface area (Å²) in [4.78, 5) is 4.62. The monoisotopic (exact) mass is 274 g/mol. The van der Waals surface area contributed by atoms with E-state index in [9.17, 15) is 0 Å². The van der Waals surface area contributed by atoms with Gasteiger partial charge in [0.25, 0.3) is 0 Å². The highest BCUT2D eigenvalue weighted by atomic mass is 14.9. The highest BCUT2D eigenvalue weighted by Gasteiger charge is 2.19. The van der Waals surface area contributed by atoms with Gasteiger partial charge in [0.15, 0.2) is 0 Å². The first-order chi connectivity index (χ1) is 9.47. The van der Waals surface area contributed by atoms with Crippen molar-refractivity contribution in [2.75, 3.05) is 6.54 Å². The Morgan fingerprint density at radius 1 is 1.20 bits per heavy atom. The van der Waals surface area contributed by atoms with Crippen molar-refractivity contribution in [2.45, 2.75) is 66.3 Å². The van der Waals surface area contributed by atoms with Gasteiger partial charge >= 0.3 is 0 Å². The first kappa shape index (κ1) is 15.5. The summed E-state index contributed by atoms with van der Waals surface area (Å²) in [6, 6.07) is 2.60. The van der Waals surface area contributed by atoms with Crippen molar-refractivity contribution in [3.63, 3.8) is 0 Å². The summed E-state index contributed by atoms with van der Waals surface area (Å²) in [6.45, 7) is 12.2. The van der Waals surface area contributed by atoms with Crippen LogP contribution < -0.4 is 5.32 Å². The lowest BCUT2D eigenvalue weighted by Gasteiger charge is -2.28. The Hall–Kier alpha value is -0.890. The van der Waals surface area contributed by atoms with Gasteiger partial charge in [-0.15, -0.1) is 0 Å². The molecular weight excluding hydrogens is 244 g/mol. The van der Waals surface area contributed by atoms with Crippen LogP contribution in [0.15, 0.2) is 6.07 Å². The van der Waals surface area contributed by atoms with E-state index in [2.05, 4.69) is 51.0 Å². The Labute approximate surface area is 124 Å². The van der Waals surface area contributed by atoms with E-state index >= 15 is 0 Å². The van der Waals surface area contributed by atoms with Gasteiger partial charge in [-0.1, -0.05) is 19.8 Å². The molecule has 0 aliphatic heterocycles. The van der Waals surface area contributed by atoms with Crippen molar-refractivity contribution in [3.05, 3.63) is 28.6 Å². The van der Waals surface area contributed by atoms with Crippen molar-refractivity contribution in [1.29, 1.82) is 0 Å². The predicted molar refractivity (Wildman–Crippen MR) is 86.0 cm³/mol. The lowest BCUT2D eigenvalue weighted by Crippen LogP contribution is -2.29. The summed E-state index contributed by atoms with van der Waals surface area (Å²) in [6.07, 6.45) is 5.60. The zero-order valence-corrected chi connectivity index (χ0v) is 13.8. The van der Waals surface area contributed by atoms with Crippen LogP contribution in [0.5, 0.6) is 0 Å². The van der Waals surface area contributed by atoms with Gasteiger partial charge in [0.2, 0.25) is 0 Å². The summed E-state index contributed by atoms with van der Waals surface area (Å²) in [5.74, 6) is 1.81. The second kappa shape index (κ2) is 6.71. The third-order valence-electron chi connectivity index (χ3n) is 4.87. The molecule has 0 radical (unpaired) electrons. The molecule has 1 aliphatic carbocycles. The summed E-state index contributed by atoms with van der Waals surface area (Å²) in [5, 5.41) is 3.74. The van der Waals surface area contributed by atoms with Crippen LogP contribution in [0.4, 0.5) is 0 Å². The van der Waals surface area contributed by atoms with Gasteiger partial charge < -0.3 is 5.32 Å². The van der Waals surface area contributed by atoms with Gasteiger partial charge in [0.1, 0.15) is 0 Å². The Balaban J connectivity index is 1.93. The van der Waals surface area contributed by atoms with E-state index in [1.807, 2.05) is 0 Å². The molecule has 0 spiro atoms.